The molecule has 2 aromatic carbocycles. The summed E-state index contributed by atoms with van der Waals surface area (Å²) < 4.78 is 33.4. The fraction of sp³-hybridized carbons (Fsp3) is 0.263. The summed E-state index contributed by atoms with van der Waals surface area (Å²) in [5, 5.41) is 0. The molecule has 2 aliphatic heterocycles. The summed E-state index contributed by atoms with van der Waals surface area (Å²) in [6.45, 7) is 5.37. The molecule has 0 amide bonds. The Morgan fingerprint density at radius 2 is 1.75 bits per heavy atom. The molecular formula is C19H19NO3S. The Hall–Kier alpha value is -2.11. The second kappa shape index (κ2) is 5.46. The second-order valence-corrected chi connectivity index (χ2v) is 8.52. The Kier molecular flexibility index (Phi) is 3.51. The Morgan fingerprint density at radius 3 is 2.54 bits per heavy atom. The van der Waals surface area contributed by atoms with Gasteiger partial charge in [0.05, 0.1) is 16.9 Å². The molecular weight excluding hydrogens is 322 g/mol. The van der Waals surface area contributed by atoms with Crippen LogP contribution in [0, 0.1) is 0 Å². The van der Waals surface area contributed by atoms with Gasteiger partial charge < -0.3 is 4.74 Å². The van der Waals surface area contributed by atoms with E-state index in [0.29, 0.717) is 24.6 Å². The lowest BCUT2D eigenvalue weighted by Gasteiger charge is -2.40. The van der Waals surface area contributed by atoms with E-state index in [0.717, 1.165) is 23.3 Å². The number of benzene rings is 2. The predicted molar refractivity (Wildman–Crippen MR) is 92.6 cm³/mol. The topological polar surface area (TPSA) is 46.6 Å². The lowest BCUT2D eigenvalue weighted by molar-refractivity contribution is 0.205. The Balaban J connectivity index is 1.74. The van der Waals surface area contributed by atoms with Crippen molar-refractivity contribution >= 4 is 10.0 Å². The number of hydrogen-bond acceptors (Lipinski definition) is 3. The molecule has 124 valence electrons. The molecule has 1 unspecified atom stereocenters. The van der Waals surface area contributed by atoms with Crippen LogP contribution in [0.2, 0.25) is 0 Å². The van der Waals surface area contributed by atoms with Crippen molar-refractivity contribution in [2.45, 2.75) is 16.7 Å². The van der Waals surface area contributed by atoms with Gasteiger partial charge in [0.25, 0.3) is 0 Å². The molecule has 2 aliphatic rings. The minimum atomic E-state index is -3.54. The van der Waals surface area contributed by atoms with Gasteiger partial charge in [0.15, 0.2) is 0 Å². The molecule has 24 heavy (non-hydrogen) atoms. The normalized spacial score (nSPS) is 23.9. The predicted octanol–water partition coefficient (Wildman–Crippen LogP) is 2.97. The van der Waals surface area contributed by atoms with Gasteiger partial charge in [0, 0.05) is 18.7 Å². The highest BCUT2D eigenvalue weighted by atomic mass is 32.2. The van der Waals surface area contributed by atoms with Gasteiger partial charge in [-0.25, -0.2) is 8.42 Å². The molecule has 4 rings (SSSR count). The van der Waals surface area contributed by atoms with E-state index < -0.39 is 10.0 Å². The monoisotopic (exact) mass is 341 g/mol. The average Bonchev–Trinajstić information content (AvgIpc) is 2.93. The number of rotatable bonds is 2. The molecule has 2 heterocycles. The van der Waals surface area contributed by atoms with Gasteiger partial charge >= 0.3 is 0 Å². The minimum Gasteiger partial charge on any atom is -0.492 e. The first-order chi connectivity index (χ1) is 11.5. The van der Waals surface area contributed by atoms with Crippen LogP contribution in [0.3, 0.4) is 0 Å². The van der Waals surface area contributed by atoms with Gasteiger partial charge in [0.2, 0.25) is 10.0 Å². The third-order valence-electron chi connectivity index (χ3n) is 4.81. The summed E-state index contributed by atoms with van der Waals surface area (Å²) >= 11 is 0. The maximum absolute atomic E-state index is 13.0. The van der Waals surface area contributed by atoms with Crippen molar-refractivity contribution in [1.82, 2.24) is 4.31 Å². The summed E-state index contributed by atoms with van der Waals surface area (Å²) in [5.74, 6) is 0.851. The number of sulfonamides is 1. The van der Waals surface area contributed by atoms with Crippen molar-refractivity contribution in [2.75, 3.05) is 19.7 Å². The first-order valence-electron chi connectivity index (χ1n) is 7.95. The lowest BCUT2D eigenvalue weighted by atomic mass is 9.75. The van der Waals surface area contributed by atoms with Gasteiger partial charge in [-0.2, -0.15) is 4.31 Å². The number of piperidine rings is 1. The number of para-hydroxylation sites is 1. The fourth-order valence-corrected chi connectivity index (χ4v) is 5.31. The van der Waals surface area contributed by atoms with Gasteiger partial charge in [-0.3, -0.25) is 0 Å². The highest BCUT2D eigenvalue weighted by molar-refractivity contribution is 7.89. The first kappa shape index (κ1) is 15.4. The number of nitrogens with zero attached hydrogens (tertiary/aromatic N) is 1. The molecule has 5 heteroatoms. The van der Waals surface area contributed by atoms with Crippen LogP contribution in [0.4, 0.5) is 0 Å². The number of fused-ring (bicyclic) bond motifs is 2. The van der Waals surface area contributed by atoms with Crippen molar-refractivity contribution in [3.05, 3.63) is 72.3 Å². The van der Waals surface area contributed by atoms with E-state index in [4.69, 9.17) is 4.74 Å². The van der Waals surface area contributed by atoms with Crippen LogP contribution in [0.15, 0.2) is 71.6 Å². The average molecular weight is 341 g/mol. The zero-order chi connectivity index (χ0) is 16.8. The van der Waals surface area contributed by atoms with Crippen LogP contribution in [0.5, 0.6) is 5.75 Å². The Labute approximate surface area is 142 Å². The lowest BCUT2D eigenvalue weighted by Crippen LogP contribution is -2.50. The maximum Gasteiger partial charge on any atom is 0.243 e. The summed E-state index contributed by atoms with van der Waals surface area (Å²) in [6.07, 6.45) is 0.755. The van der Waals surface area contributed by atoms with Gasteiger partial charge in [0.1, 0.15) is 5.75 Å². The number of ether oxygens (including phenoxy) is 1. The number of hydrogen-bond donors (Lipinski definition) is 0. The molecule has 0 bridgehead atoms. The quantitative estimate of drug-likeness (QED) is 0.789. The summed E-state index contributed by atoms with van der Waals surface area (Å²) in [4.78, 5) is 0.321. The van der Waals surface area contributed by atoms with Crippen LogP contribution in [-0.4, -0.2) is 32.4 Å². The summed E-state index contributed by atoms with van der Waals surface area (Å²) in [5.41, 5.74) is 1.66. The van der Waals surface area contributed by atoms with E-state index in [2.05, 4.69) is 6.58 Å². The van der Waals surface area contributed by atoms with E-state index >= 15 is 0 Å². The molecule has 1 fully saturated rings. The van der Waals surface area contributed by atoms with Gasteiger partial charge in [-0.1, -0.05) is 48.6 Å². The molecule has 0 radical (unpaired) electrons. The van der Waals surface area contributed by atoms with E-state index in [1.165, 1.54) is 0 Å². The zero-order valence-electron chi connectivity index (χ0n) is 13.3. The van der Waals surface area contributed by atoms with Crippen molar-refractivity contribution in [2.24, 2.45) is 0 Å². The van der Waals surface area contributed by atoms with Crippen molar-refractivity contribution < 1.29 is 13.2 Å². The van der Waals surface area contributed by atoms with Crippen LogP contribution < -0.4 is 4.74 Å². The summed E-state index contributed by atoms with van der Waals surface area (Å²) in [7, 11) is -3.54. The maximum atomic E-state index is 13.0. The van der Waals surface area contributed by atoms with E-state index in [9.17, 15) is 8.42 Å². The molecule has 0 N–H and O–H groups in total. The van der Waals surface area contributed by atoms with Crippen LogP contribution in [0.1, 0.15) is 12.0 Å². The minimum absolute atomic E-state index is 0.321. The third kappa shape index (κ3) is 2.36. The zero-order valence-corrected chi connectivity index (χ0v) is 14.1. The fourth-order valence-electron chi connectivity index (χ4n) is 3.75. The van der Waals surface area contributed by atoms with Gasteiger partial charge in [-0.15, -0.1) is 0 Å². The first-order valence-corrected chi connectivity index (χ1v) is 9.39. The highest BCUT2D eigenvalue weighted by Gasteiger charge is 2.47. The second-order valence-electron chi connectivity index (χ2n) is 6.58. The van der Waals surface area contributed by atoms with Crippen LogP contribution in [-0.2, 0) is 15.4 Å². The smallest absolute Gasteiger partial charge is 0.243 e. The van der Waals surface area contributed by atoms with Crippen LogP contribution >= 0.6 is 0 Å². The molecule has 0 aliphatic carbocycles. The Morgan fingerprint density at radius 1 is 1.04 bits per heavy atom. The van der Waals surface area contributed by atoms with Gasteiger partial charge in [-0.05, 0) is 24.6 Å². The van der Waals surface area contributed by atoms with Crippen molar-refractivity contribution in [1.29, 1.82) is 0 Å². The standard InChI is InChI=1S/C19H19NO3S/c1-15-11-19(14-23-18-10-6-5-9-17(18)19)13-20(12-15)24(21,22)16-7-3-2-4-8-16/h2-10H,1,11-14H2. The molecule has 0 aromatic heterocycles. The SMILES string of the molecule is C=C1CN(S(=O)(=O)c2ccccc2)CC2(COc3ccccc32)C1. The van der Waals surface area contributed by atoms with Crippen molar-refractivity contribution in [3.63, 3.8) is 0 Å². The molecule has 4 nitrogen and oxygen atoms in total. The van der Waals surface area contributed by atoms with E-state index in [1.54, 1.807) is 28.6 Å². The molecule has 2 aromatic rings. The highest BCUT2D eigenvalue weighted by Crippen LogP contribution is 2.46. The molecule has 1 atom stereocenters. The van der Waals surface area contributed by atoms with Crippen LogP contribution in [0.25, 0.3) is 0 Å². The Bertz CT molecular complexity index is 892. The largest absolute Gasteiger partial charge is 0.492 e. The van der Waals surface area contributed by atoms with E-state index in [1.807, 2.05) is 30.3 Å². The molecule has 1 saturated heterocycles. The summed E-state index contributed by atoms with van der Waals surface area (Å²) in [6, 6.07) is 16.5. The third-order valence-corrected chi connectivity index (χ3v) is 6.62. The molecule has 0 saturated carbocycles. The molecule has 1 spiro atoms. The van der Waals surface area contributed by atoms with Crippen molar-refractivity contribution in [3.8, 4) is 5.75 Å². The van der Waals surface area contributed by atoms with E-state index in [-0.39, 0.29) is 5.41 Å².